The molecule has 20 heavy (non-hydrogen) atoms. The van der Waals surface area contributed by atoms with Crippen molar-refractivity contribution in [2.24, 2.45) is 0 Å². The smallest absolute Gasteiger partial charge is 0.193 e. The lowest BCUT2D eigenvalue weighted by Crippen LogP contribution is -2.23. The highest BCUT2D eigenvalue weighted by atomic mass is 35.5. The van der Waals surface area contributed by atoms with E-state index in [0.29, 0.717) is 11.8 Å². The molecule has 0 aliphatic carbocycles. The largest absolute Gasteiger partial charge is 0.494 e. The summed E-state index contributed by atoms with van der Waals surface area (Å²) in [6.45, 7) is 5.64. The van der Waals surface area contributed by atoms with E-state index in [0.717, 1.165) is 30.0 Å². The Morgan fingerprint density at radius 2 is 2.00 bits per heavy atom. The van der Waals surface area contributed by atoms with E-state index in [1.807, 2.05) is 31.2 Å². The van der Waals surface area contributed by atoms with E-state index in [-0.39, 0.29) is 6.04 Å². The van der Waals surface area contributed by atoms with Crippen LogP contribution < -0.4 is 10.1 Å². The third-order valence-electron chi connectivity index (χ3n) is 3.01. The first-order valence-corrected chi connectivity index (χ1v) is 7.34. The standard InChI is InChI=1S/C16H20ClNO2/c1-3-11-18-16(14-9-10-15(17)20-14)12-7-5-6-8-13(12)19-4-2/h5-10,16,18H,3-4,11H2,1-2H3. The van der Waals surface area contributed by atoms with Gasteiger partial charge in [-0.15, -0.1) is 0 Å². The van der Waals surface area contributed by atoms with Crippen molar-refractivity contribution in [3.05, 3.63) is 52.9 Å². The molecule has 1 unspecified atom stereocenters. The summed E-state index contributed by atoms with van der Waals surface area (Å²) >= 11 is 5.90. The van der Waals surface area contributed by atoms with Crippen molar-refractivity contribution in [1.82, 2.24) is 5.32 Å². The summed E-state index contributed by atoms with van der Waals surface area (Å²) in [5.41, 5.74) is 1.06. The number of halogens is 1. The second-order valence-electron chi connectivity index (χ2n) is 4.50. The lowest BCUT2D eigenvalue weighted by atomic mass is 10.0. The molecule has 2 rings (SSSR count). The third-order valence-corrected chi connectivity index (χ3v) is 3.21. The Labute approximate surface area is 124 Å². The third kappa shape index (κ3) is 3.56. The van der Waals surface area contributed by atoms with E-state index in [9.17, 15) is 0 Å². The fourth-order valence-electron chi connectivity index (χ4n) is 2.14. The first-order chi connectivity index (χ1) is 9.76. The van der Waals surface area contributed by atoms with Crippen molar-refractivity contribution in [3.63, 3.8) is 0 Å². The van der Waals surface area contributed by atoms with Crippen molar-refractivity contribution in [3.8, 4) is 5.75 Å². The molecule has 0 fully saturated rings. The van der Waals surface area contributed by atoms with Crippen molar-refractivity contribution in [2.75, 3.05) is 13.2 Å². The minimum absolute atomic E-state index is 0.0507. The maximum absolute atomic E-state index is 5.90. The number of rotatable bonds is 7. The van der Waals surface area contributed by atoms with Gasteiger partial charge in [0.1, 0.15) is 11.5 Å². The van der Waals surface area contributed by atoms with Gasteiger partial charge in [0.25, 0.3) is 0 Å². The Hall–Kier alpha value is -1.45. The molecule has 1 aromatic carbocycles. The maximum atomic E-state index is 5.90. The predicted molar refractivity (Wildman–Crippen MR) is 81.5 cm³/mol. The zero-order valence-corrected chi connectivity index (χ0v) is 12.6. The molecule has 3 nitrogen and oxygen atoms in total. The van der Waals surface area contributed by atoms with Crippen LogP contribution in [0.15, 0.2) is 40.8 Å². The predicted octanol–water partition coefficient (Wildman–Crippen LogP) is 4.42. The molecule has 0 aliphatic rings. The van der Waals surface area contributed by atoms with Crippen LogP contribution in [-0.2, 0) is 0 Å². The number of hydrogen-bond acceptors (Lipinski definition) is 3. The lowest BCUT2D eigenvalue weighted by Gasteiger charge is -2.19. The first-order valence-electron chi connectivity index (χ1n) is 6.96. The monoisotopic (exact) mass is 293 g/mol. The number of furan rings is 1. The Kier molecular flexibility index (Phi) is 5.50. The van der Waals surface area contributed by atoms with Crippen LogP contribution in [-0.4, -0.2) is 13.2 Å². The van der Waals surface area contributed by atoms with Crippen LogP contribution in [0, 0.1) is 0 Å². The number of ether oxygens (including phenoxy) is 1. The van der Waals surface area contributed by atoms with Crippen molar-refractivity contribution in [1.29, 1.82) is 0 Å². The maximum Gasteiger partial charge on any atom is 0.193 e. The molecule has 0 saturated heterocycles. The molecule has 1 aromatic heterocycles. The molecule has 4 heteroatoms. The molecule has 1 heterocycles. The number of para-hydroxylation sites is 1. The number of nitrogens with one attached hydrogen (secondary N) is 1. The number of hydrogen-bond donors (Lipinski definition) is 1. The molecular weight excluding hydrogens is 274 g/mol. The van der Waals surface area contributed by atoms with E-state index in [1.165, 1.54) is 0 Å². The van der Waals surface area contributed by atoms with E-state index in [2.05, 4.69) is 18.3 Å². The molecule has 1 atom stereocenters. The Morgan fingerprint density at radius 1 is 1.20 bits per heavy atom. The average molecular weight is 294 g/mol. The second-order valence-corrected chi connectivity index (χ2v) is 4.87. The van der Waals surface area contributed by atoms with Crippen LogP contribution in [0.3, 0.4) is 0 Å². The normalized spacial score (nSPS) is 12.3. The topological polar surface area (TPSA) is 34.4 Å². The summed E-state index contributed by atoms with van der Waals surface area (Å²) < 4.78 is 11.3. The van der Waals surface area contributed by atoms with E-state index >= 15 is 0 Å². The van der Waals surface area contributed by atoms with Crippen molar-refractivity contribution in [2.45, 2.75) is 26.3 Å². The highest BCUT2D eigenvalue weighted by Crippen LogP contribution is 2.32. The van der Waals surface area contributed by atoms with Gasteiger partial charge in [0, 0.05) is 5.56 Å². The van der Waals surface area contributed by atoms with Gasteiger partial charge in [0.05, 0.1) is 12.6 Å². The average Bonchev–Trinajstić information content (AvgIpc) is 2.88. The van der Waals surface area contributed by atoms with Gasteiger partial charge in [-0.2, -0.15) is 0 Å². The van der Waals surface area contributed by atoms with Crippen LogP contribution in [0.4, 0.5) is 0 Å². The molecule has 0 spiro atoms. The van der Waals surface area contributed by atoms with Gasteiger partial charge in [0.15, 0.2) is 5.22 Å². The van der Waals surface area contributed by atoms with E-state index < -0.39 is 0 Å². The second kappa shape index (κ2) is 7.36. The molecule has 0 amide bonds. The summed E-state index contributed by atoms with van der Waals surface area (Å²) in [5.74, 6) is 1.67. The zero-order valence-electron chi connectivity index (χ0n) is 11.9. The van der Waals surface area contributed by atoms with Gasteiger partial charge in [0.2, 0.25) is 0 Å². The molecule has 108 valence electrons. The molecule has 0 aliphatic heterocycles. The lowest BCUT2D eigenvalue weighted by molar-refractivity contribution is 0.330. The van der Waals surface area contributed by atoms with Gasteiger partial charge in [-0.3, -0.25) is 0 Å². The minimum atomic E-state index is -0.0507. The van der Waals surface area contributed by atoms with Crippen LogP contribution in [0.25, 0.3) is 0 Å². The molecule has 0 saturated carbocycles. The van der Waals surface area contributed by atoms with Crippen LogP contribution in [0.2, 0.25) is 5.22 Å². The minimum Gasteiger partial charge on any atom is -0.494 e. The fraction of sp³-hybridized carbons (Fsp3) is 0.375. The van der Waals surface area contributed by atoms with Gasteiger partial charge in [-0.05, 0) is 49.7 Å². The van der Waals surface area contributed by atoms with Gasteiger partial charge < -0.3 is 14.5 Å². The SMILES string of the molecule is CCCNC(c1ccc(Cl)o1)c1ccccc1OCC. The summed E-state index contributed by atoms with van der Waals surface area (Å²) in [7, 11) is 0. The van der Waals surface area contributed by atoms with E-state index in [1.54, 1.807) is 6.07 Å². The summed E-state index contributed by atoms with van der Waals surface area (Å²) in [6, 6.07) is 11.6. The van der Waals surface area contributed by atoms with Gasteiger partial charge >= 0.3 is 0 Å². The Morgan fingerprint density at radius 3 is 2.65 bits per heavy atom. The van der Waals surface area contributed by atoms with Gasteiger partial charge in [-0.25, -0.2) is 0 Å². The fourth-order valence-corrected chi connectivity index (χ4v) is 2.29. The Bertz CT molecular complexity index is 539. The Balaban J connectivity index is 2.35. The molecule has 0 bridgehead atoms. The van der Waals surface area contributed by atoms with Crippen LogP contribution in [0.1, 0.15) is 37.6 Å². The highest BCUT2D eigenvalue weighted by Gasteiger charge is 2.20. The number of benzene rings is 1. The zero-order chi connectivity index (χ0) is 14.4. The quantitative estimate of drug-likeness (QED) is 0.820. The van der Waals surface area contributed by atoms with Gasteiger partial charge in [-0.1, -0.05) is 25.1 Å². The molecular formula is C16H20ClNO2. The molecule has 0 radical (unpaired) electrons. The van der Waals surface area contributed by atoms with E-state index in [4.69, 9.17) is 20.8 Å². The summed E-state index contributed by atoms with van der Waals surface area (Å²) in [6.07, 6.45) is 1.04. The van der Waals surface area contributed by atoms with Crippen molar-refractivity contribution < 1.29 is 9.15 Å². The van der Waals surface area contributed by atoms with Crippen LogP contribution in [0.5, 0.6) is 5.75 Å². The summed E-state index contributed by atoms with van der Waals surface area (Å²) in [5, 5.41) is 3.88. The summed E-state index contributed by atoms with van der Waals surface area (Å²) in [4.78, 5) is 0. The first kappa shape index (κ1) is 14.9. The highest BCUT2D eigenvalue weighted by molar-refractivity contribution is 6.28. The molecule has 2 aromatic rings. The molecule has 1 N–H and O–H groups in total. The van der Waals surface area contributed by atoms with Crippen LogP contribution >= 0.6 is 11.6 Å². The van der Waals surface area contributed by atoms with Crippen molar-refractivity contribution >= 4 is 11.6 Å².